The number of carbonyl (C=O) groups is 1. The molecule has 0 aliphatic rings. The largest absolute Gasteiger partial charge is 0.358 e. The van der Waals surface area contributed by atoms with Crippen LogP contribution in [0.5, 0.6) is 0 Å². The van der Waals surface area contributed by atoms with Crippen LogP contribution in [-0.2, 0) is 11.2 Å². The molecule has 3 nitrogen and oxygen atoms in total. The molecule has 0 aliphatic heterocycles. The molecule has 3 aromatic rings. The number of H-pyrrole nitrogens is 1. The Bertz CT molecular complexity index is 870. The fourth-order valence-corrected chi connectivity index (χ4v) is 3.18. The fourth-order valence-electron chi connectivity index (χ4n) is 3.18. The van der Waals surface area contributed by atoms with Crippen molar-refractivity contribution in [1.29, 1.82) is 0 Å². The van der Waals surface area contributed by atoms with E-state index in [9.17, 15) is 9.18 Å². The molecular weight excluding hydrogens is 315 g/mol. The third-order valence-corrected chi connectivity index (χ3v) is 4.69. The molecule has 1 heterocycles. The van der Waals surface area contributed by atoms with Crippen molar-refractivity contribution in [2.75, 3.05) is 6.54 Å². The quantitative estimate of drug-likeness (QED) is 0.684. The summed E-state index contributed by atoms with van der Waals surface area (Å²) in [5, 5.41) is 3.76. The van der Waals surface area contributed by atoms with E-state index in [0.717, 1.165) is 28.6 Å². The molecule has 0 saturated carbocycles. The number of aryl methyl sites for hydroxylation is 1. The summed E-state index contributed by atoms with van der Waals surface area (Å²) >= 11 is 0. The van der Waals surface area contributed by atoms with E-state index in [0.29, 0.717) is 12.5 Å². The highest BCUT2D eigenvalue weighted by molar-refractivity contribution is 5.90. The molecule has 0 saturated heterocycles. The molecule has 1 aromatic heterocycles. The average molecular weight is 338 g/mol. The van der Waals surface area contributed by atoms with E-state index in [1.807, 2.05) is 25.1 Å². The lowest BCUT2D eigenvalue weighted by Crippen LogP contribution is -2.27. The first kappa shape index (κ1) is 17.2. The van der Waals surface area contributed by atoms with Crippen molar-refractivity contribution in [2.45, 2.75) is 32.6 Å². The van der Waals surface area contributed by atoms with Crippen LogP contribution in [0.25, 0.3) is 10.9 Å². The van der Waals surface area contributed by atoms with Gasteiger partial charge in [0.2, 0.25) is 5.91 Å². The predicted octanol–water partition coefficient (Wildman–Crippen LogP) is 4.47. The minimum Gasteiger partial charge on any atom is -0.358 e. The van der Waals surface area contributed by atoms with Gasteiger partial charge < -0.3 is 10.3 Å². The van der Waals surface area contributed by atoms with Gasteiger partial charge in [-0.1, -0.05) is 37.3 Å². The van der Waals surface area contributed by atoms with Crippen LogP contribution in [0.15, 0.2) is 48.5 Å². The highest BCUT2D eigenvalue weighted by Crippen LogP contribution is 2.23. The van der Waals surface area contributed by atoms with E-state index in [1.165, 1.54) is 17.7 Å². The molecular formula is C21H23FN2O. The average Bonchev–Trinajstić information content (AvgIpc) is 2.91. The lowest BCUT2D eigenvalue weighted by Gasteiger charge is -2.12. The monoisotopic (exact) mass is 338 g/mol. The summed E-state index contributed by atoms with van der Waals surface area (Å²) in [7, 11) is 0. The standard InChI is InChI=1S/C21H23FN2O/c1-14(16-6-4-3-5-7-16)10-11-23-21(25)13-18-15(2)24-20-9-8-17(22)12-19(18)20/h3-9,12,14,24H,10-11,13H2,1-2H3,(H,23,25). The molecule has 0 bridgehead atoms. The Balaban J connectivity index is 1.58. The van der Waals surface area contributed by atoms with Gasteiger partial charge in [0, 0.05) is 23.1 Å². The third-order valence-electron chi connectivity index (χ3n) is 4.69. The van der Waals surface area contributed by atoms with Crippen molar-refractivity contribution in [1.82, 2.24) is 10.3 Å². The van der Waals surface area contributed by atoms with Crippen molar-refractivity contribution in [3.05, 3.63) is 71.2 Å². The summed E-state index contributed by atoms with van der Waals surface area (Å²) < 4.78 is 13.5. The summed E-state index contributed by atoms with van der Waals surface area (Å²) in [4.78, 5) is 15.5. The smallest absolute Gasteiger partial charge is 0.224 e. The van der Waals surface area contributed by atoms with Gasteiger partial charge in [0.25, 0.3) is 0 Å². The van der Waals surface area contributed by atoms with Gasteiger partial charge in [0.15, 0.2) is 0 Å². The van der Waals surface area contributed by atoms with Crippen LogP contribution >= 0.6 is 0 Å². The molecule has 130 valence electrons. The molecule has 1 amide bonds. The second-order valence-electron chi connectivity index (χ2n) is 6.55. The number of aromatic amines is 1. The Morgan fingerprint density at radius 3 is 2.72 bits per heavy atom. The fraction of sp³-hybridized carbons (Fsp3) is 0.286. The maximum Gasteiger partial charge on any atom is 0.224 e. The molecule has 25 heavy (non-hydrogen) atoms. The molecule has 0 aliphatic carbocycles. The Labute approximate surface area is 147 Å². The highest BCUT2D eigenvalue weighted by Gasteiger charge is 2.13. The Morgan fingerprint density at radius 1 is 1.20 bits per heavy atom. The van der Waals surface area contributed by atoms with Crippen molar-refractivity contribution >= 4 is 16.8 Å². The number of hydrogen-bond acceptors (Lipinski definition) is 1. The first-order chi connectivity index (χ1) is 12.0. The summed E-state index contributed by atoms with van der Waals surface area (Å²) in [5.74, 6) is 0.0730. The molecule has 1 unspecified atom stereocenters. The number of fused-ring (bicyclic) bond motifs is 1. The van der Waals surface area contributed by atoms with Gasteiger partial charge in [-0.3, -0.25) is 4.79 Å². The maximum atomic E-state index is 13.5. The Hall–Kier alpha value is -2.62. The van der Waals surface area contributed by atoms with Crippen LogP contribution in [0.3, 0.4) is 0 Å². The van der Waals surface area contributed by atoms with Crippen LogP contribution in [0.1, 0.15) is 36.1 Å². The zero-order chi connectivity index (χ0) is 17.8. The lowest BCUT2D eigenvalue weighted by atomic mass is 9.98. The van der Waals surface area contributed by atoms with Gasteiger partial charge >= 0.3 is 0 Å². The molecule has 3 rings (SSSR count). The third kappa shape index (κ3) is 4.08. The van der Waals surface area contributed by atoms with Crippen LogP contribution < -0.4 is 5.32 Å². The summed E-state index contributed by atoms with van der Waals surface area (Å²) in [6, 6.07) is 14.9. The Kier molecular flexibility index (Phi) is 5.17. The van der Waals surface area contributed by atoms with Crippen LogP contribution in [-0.4, -0.2) is 17.4 Å². The van der Waals surface area contributed by atoms with E-state index in [1.54, 1.807) is 6.07 Å². The Morgan fingerprint density at radius 2 is 1.96 bits per heavy atom. The SMILES string of the molecule is Cc1[nH]c2ccc(F)cc2c1CC(=O)NCCC(C)c1ccccc1. The van der Waals surface area contributed by atoms with Crippen LogP contribution in [0, 0.1) is 12.7 Å². The topological polar surface area (TPSA) is 44.9 Å². The van der Waals surface area contributed by atoms with Crippen molar-refractivity contribution in [3.8, 4) is 0 Å². The first-order valence-electron chi connectivity index (χ1n) is 8.63. The van der Waals surface area contributed by atoms with E-state index in [2.05, 4.69) is 29.4 Å². The highest BCUT2D eigenvalue weighted by atomic mass is 19.1. The summed E-state index contributed by atoms with van der Waals surface area (Å²) in [6.45, 7) is 4.71. The zero-order valence-electron chi connectivity index (χ0n) is 14.6. The minimum absolute atomic E-state index is 0.0338. The number of aromatic nitrogens is 1. The van der Waals surface area contributed by atoms with Gasteiger partial charge in [-0.05, 0) is 48.6 Å². The lowest BCUT2D eigenvalue weighted by molar-refractivity contribution is -0.120. The number of benzene rings is 2. The molecule has 2 aromatic carbocycles. The van der Waals surface area contributed by atoms with Gasteiger partial charge in [0.05, 0.1) is 6.42 Å². The molecule has 0 fully saturated rings. The van der Waals surface area contributed by atoms with Gasteiger partial charge in [-0.2, -0.15) is 0 Å². The second kappa shape index (κ2) is 7.51. The van der Waals surface area contributed by atoms with Crippen molar-refractivity contribution in [2.24, 2.45) is 0 Å². The number of halogens is 1. The van der Waals surface area contributed by atoms with Crippen LogP contribution in [0.2, 0.25) is 0 Å². The number of amides is 1. The van der Waals surface area contributed by atoms with Gasteiger partial charge in [-0.15, -0.1) is 0 Å². The second-order valence-corrected chi connectivity index (χ2v) is 6.55. The zero-order valence-corrected chi connectivity index (χ0v) is 14.6. The number of rotatable bonds is 6. The molecule has 1 atom stereocenters. The van der Waals surface area contributed by atoms with Crippen molar-refractivity contribution < 1.29 is 9.18 Å². The minimum atomic E-state index is -0.287. The summed E-state index contributed by atoms with van der Waals surface area (Å²) in [6.07, 6.45) is 1.15. The summed E-state index contributed by atoms with van der Waals surface area (Å²) in [5.41, 5.74) is 3.91. The number of nitrogens with one attached hydrogen (secondary N) is 2. The molecule has 2 N–H and O–H groups in total. The van der Waals surface area contributed by atoms with E-state index >= 15 is 0 Å². The normalized spacial score (nSPS) is 12.3. The van der Waals surface area contributed by atoms with E-state index < -0.39 is 0 Å². The molecule has 4 heteroatoms. The van der Waals surface area contributed by atoms with E-state index in [-0.39, 0.29) is 18.1 Å². The molecule has 0 spiro atoms. The van der Waals surface area contributed by atoms with Gasteiger partial charge in [-0.25, -0.2) is 4.39 Å². The van der Waals surface area contributed by atoms with E-state index in [4.69, 9.17) is 0 Å². The van der Waals surface area contributed by atoms with Crippen LogP contribution in [0.4, 0.5) is 4.39 Å². The predicted molar refractivity (Wildman–Crippen MR) is 99.2 cm³/mol. The molecule has 0 radical (unpaired) electrons. The number of carbonyl (C=O) groups excluding carboxylic acids is 1. The maximum absolute atomic E-state index is 13.5. The van der Waals surface area contributed by atoms with Crippen molar-refractivity contribution in [3.63, 3.8) is 0 Å². The van der Waals surface area contributed by atoms with Gasteiger partial charge in [0.1, 0.15) is 5.82 Å². The first-order valence-corrected chi connectivity index (χ1v) is 8.63. The number of hydrogen-bond donors (Lipinski definition) is 2.